The zero-order valence-corrected chi connectivity index (χ0v) is 16.4. The van der Waals surface area contributed by atoms with Gasteiger partial charge in [0.15, 0.2) is 5.76 Å². The fourth-order valence-corrected chi connectivity index (χ4v) is 4.45. The summed E-state index contributed by atoms with van der Waals surface area (Å²) >= 11 is 3.07. The Labute approximate surface area is 164 Å². The minimum atomic E-state index is -0.342. The first kappa shape index (κ1) is 17.7. The van der Waals surface area contributed by atoms with Gasteiger partial charge in [0, 0.05) is 21.9 Å². The number of thiophene rings is 2. The zero-order chi connectivity index (χ0) is 19.0. The van der Waals surface area contributed by atoms with Crippen LogP contribution in [0.2, 0.25) is 0 Å². The molecule has 0 unspecified atom stereocenters. The number of aryl methyl sites for hydroxylation is 2. The molecule has 27 heavy (non-hydrogen) atoms. The van der Waals surface area contributed by atoms with Gasteiger partial charge >= 0.3 is 5.97 Å². The molecule has 1 aromatic carbocycles. The average Bonchev–Trinajstić information content (AvgIpc) is 3.31. The van der Waals surface area contributed by atoms with Crippen molar-refractivity contribution in [3.05, 3.63) is 73.3 Å². The van der Waals surface area contributed by atoms with Crippen LogP contribution in [0.3, 0.4) is 0 Å². The van der Waals surface area contributed by atoms with Gasteiger partial charge in [-0.25, -0.2) is 0 Å². The molecular formula is C21H16O4S2. The van der Waals surface area contributed by atoms with Crippen LogP contribution in [0, 0.1) is 13.8 Å². The highest BCUT2D eigenvalue weighted by Gasteiger charge is 2.30. The summed E-state index contributed by atoms with van der Waals surface area (Å²) in [6.45, 7) is 3.81. The normalized spacial score (nSPS) is 14.3. The zero-order valence-electron chi connectivity index (χ0n) is 14.8. The van der Waals surface area contributed by atoms with Gasteiger partial charge in [-0.2, -0.15) is 0 Å². The van der Waals surface area contributed by atoms with Crippen LogP contribution in [0.15, 0.2) is 46.9 Å². The van der Waals surface area contributed by atoms with Crippen LogP contribution in [0.25, 0.3) is 6.08 Å². The molecular weight excluding hydrogens is 380 g/mol. The topological polar surface area (TPSA) is 52.6 Å². The fraction of sp³-hybridized carbons (Fsp3) is 0.143. The summed E-state index contributed by atoms with van der Waals surface area (Å²) < 4.78 is 11.2. The molecule has 0 bridgehead atoms. The highest BCUT2D eigenvalue weighted by molar-refractivity contribution is 7.11. The summed E-state index contributed by atoms with van der Waals surface area (Å²) in [6.07, 6.45) is 1.99. The molecule has 3 aromatic rings. The van der Waals surface area contributed by atoms with E-state index in [9.17, 15) is 9.59 Å². The molecule has 0 radical (unpaired) electrons. The molecule has 4 nitrogen and oxygen atoms in total. The molecule has 0 fully saturated rings. The summed E-state index contributed by atoms with van der Waals surface area (Å²) in [5, 5.41) is 3.90. The Morgan fingerprint density at radius 2 is 2.00 bits per heavy atom. The first-order chi connectivity index (χ1) is 13.0. The van der Waals surface area contributed by atoms with Crippen molar-refractivity contribution in [2.45, 2.75) is 20.3 Å². The maximum atomic E-state index is 12.7. The quantitative estimate of drug-likeness (QED) is 0.346. The van der Waals surface area contributed by atoms with E-state index in [1.807, 2.05) is 42.8 Å². The van der Waals surface area contributed by atoms with Gasteiger partial charge in [-0.15, -0.1) is 22.7 Å². The van der Waals surface area contributed by atoms with Crippen LogP contribution >= 0.6 is 22.7 Å². The molecule has 0 saturated heterocycles. The summed E-state index contributed by atoms with van der Waals surface area (Å²) in [6, 6.07) is 9.10. The highest BCUT2D eigenvalue weighted by atomic mass is 32.1. The molecule has 0 spiro atoms. The number of Topliss-reactive ketones (excluding diaryl/α,β-unsaturated/α-hetero) is 1. The van der Waals surface area contributed by atoms with Crippen molar-refractivity contribution in [3.8, 4) is 11.5 Å². The predicted molar refractivity (Wildman–Crippen MR) is 107 cm³/mol. The smallest absolute Gasteiger partial charge is 0.316 e. The summed E-state index contributed by atoms with van der Waals surface area (Å²) in [5.41, 5.74) is 2.34. The second-order valence-corrected chi connectivity index (χ2v) is 8.23. The number of benzene rings is 1. The lowest BCUT2D eigenvalue weighted by Crippen LogP contribution is -2.10. The Kier molecular flexibility index (Phi) is 4.68. The Bertz CT molecular complexity index is 1060. The monoisotopic (exact) mass is 396 g/mol. The number of allylic oxidation sites excluding steroid dienone is 1. The molecule has 3 heterocycles. The number of carbonyl (C=O) groups excluding carboxylic acids is 2. The highest BCUT2D eigenvalue weighted by Crippen LogP contribution is 2.38. The van der Waals surface area contributed by atoms with E-state index in [4.69, 9.17) is 9.47 Å². The van der Waals surface area contributed by atoms with Crippen LogP contribution < -0.4 is 9.47 Å². The molecule has 0 atom stereocenters. The van der Waals surface area contributed by atoms with Crippen LogP contribution in [-0.4, -0.2) is 11.8 Å². The third-order valence-corrected chi connectivity index (χ3v) is 6.08. The van der Waals surface area contributed by atoms with Crippen molar-refractivity contribution in [2.75, 3.05) is 0 Å². The van der Waals surface area contributed by atoms with E-state index in [1.54, 1.807) is 29.5 Å². The molecule has 0 N–H and O–H groups in total. The van der Waals surface area contributed by atoms with Gasteiger partial charge in [0.05, 0.1) is 12.0 Å². The number of hydrogen-bond donors (Lipinski definition) is 0. The second kappa shape index (κ2) is 7.13. The van der Waals surface area contributed by atoms with Gasteiger partial charge in [-0.3, -0.25) is 9.59 Å². The lowest BCUT2D eigenvalue weighted by Gasteiger charge is -2.07. The number of carbonyl (C=O) groups is 2. The van der Waals surface area contributed by atoms with Crippen molar-refractivity contribution in [3.63, 3.8) is 0 Å². The predicted octanol–water partition coefficient (Wildman–Crippen LogP) is 5.19. The molecule has 1 aliphatic heterocycles. The van der Waals surface area contributed by atoms with E-state index < -0.39 is 0 Å². The standard InChI is InChI=1S/C21H16O4S2/c1-12-5-7-27-18(12)11-17-21(23)20-13(2)8-14(9-16(20)25-17)24-19(22)10-15-4-3-6-26-15/h3-9,11H,10H2,1-2H3/b17-11-. The van der Waals surface area contributed by atoms with Crippen molar-refractivity contribution < 1.29 is 19.1 Å². The van der Waals surface area contributed by atoms with Gasteiger partial charge in [-0.05, 0) is 53.9 Å². The van der Waals surface area contributed by atoms with Gasteiger partial charge in [0.1, 0.15) is 11.5 Å². The minimum Gasteiger partial charge on any atom is -0.452 e. The van der Waals surface area contributed by atoms with Gasteiger partial charge in [-0.1, -0.05) is 6.07 Å². The number of esters is 1. The van der Waals surface area contributed by atoms with Crippen LogP contribution in [0.4, 0.5) is 0 Å². The first-order valence-corrected chi connectivity index (χ1v) is 10.1. The van der Waals surface area contributed by atoms with E-state index in [2.05, 4.69) is 0 Å². The summed E-state index contributed by atoms with van der Waals surface area (Å²) in [5.74, 6) is 0.618. The number of hydrogen-bond acceptors (Lipinski definition) is 6. The number of rotatable bonds is 4. The lowest BCUT2D eigenvalue weighted by molar-refractivity contribution is -0.133. The van der Waals surface area contributed by atoms with Crippen molar-refractivity contribution >= 4 is 40.5 Å². The van der Waals surface area contributed by atoms with Crippen LogP contribution in [0.5, 0.6) is 11.5 Å². The Morgan fingerprint density at radius 1 is 1.15 bits per heavy atom. The Balaban J connectivity index is 1.57. The van der Waals surface area contributed by atoms with Crippen molar-refractivity contribution in [1.82, 2.24) is 0 Å². The van der Waals surface area contributed by atoms with Crippen molar-refractivity contribution in [2.24, 2.45) is 0 Å². The molecule has 0 amide bonds. The molecule has 2 aromatic heterocycles. The van der Waals surface area contributed by atoms with E-state index >= 15 is 0 Å². The molecule has 136 valence electrons. The van der Waals surface area contributed by atoms with Crippen LogP contribution in [-0.2, 0) is 11.2 Å². The van der Waals surface area contributed by atoms with E-state index in [0.29, 0.717) is 22.8 Å². The maximum Gasteiger partial charge on any atom is 0.316 e. The van der Waals surface area contributed by atoms with E-state index in [1.165, 1.54) is 11.3 Å². The molecule has 0 aliphatic carbocycles. The Morgan fingerprint density at radius 3 is 2.70 bits per heavy atom. The summed E-state index contributed by atoms with van der Waals surface area (Å²) in [4.78, 5) is 26.8. The number of ketones is 1. The van der Waals surface area contributed by atoms with Crippen LogP contribution in [0.1, 0.15) is 31.2 Å². The van der Waals surface area contributed by atoms with Gasteiger partial charge in [0.25, 0.3) is 0 Å². The average molecular weight is 396 g/mol. The maximum absolute atomic E-state index is 12.7. The SMILES string of the molecule is Cc1ccsc1/C=C1\Oc2cc(OC(=O)Cc3cccs3)cc(C)c2C1=O. The third-order valence-electron chi connectivity index (χ3n) is 4.24. The minimum absolute atomic E-state index is 0.147. The van der Waals surface area contributed by atoms with Crippen molar-refractivity contribution in [1.29, 1.82) is 0 Å². The largest absolute Gasteiger partial charge is 0.452 e. The van der Waals surface area contributed by atoms with Gasteiger partial charge in [0.2, 0.25) is 5.78 Å². The second-order valence-electron chi connectivity index (χ2n) is 6.25. The molecule has 6 heteroatoms. The molecule has 0 saturated carbocycles. The molecule has 1 aliphatic rings. The van der Waals surface area contributed by atoms with E-state index in [0.717, 1.165) is 20.9 Å². The summed E-state index contributed by atoms with van der Waals surface area (Å²) in [7, 11) is 0. The number of fused-ring (bicyclic) bond motifs is 1. The number of ether oxygens (including phenoxy) is 2. The fourth-order valence-electron chi connectivity index (χ4n) is 2.91. The Hall–Kier alpha value is -2.70. The lowest BCUT2D eigenvalue weighted by atomic mass is 10.0. The van der Waals surface area contributed by atoms with E-state index in [-0.39, 0.29) is 18.2 Å². The molecule has 4 rings (SSSR count). The first-order valence-electron chi connectivity index (χ1n) is 8.37. The third kappa shape index (κ3) is 3.59. The van der Waals surface area contributed by atoms with Gasteiger partial charge < -0.3 is 9.47 Å².